The Kier molecular flexibility index (Phi) is 13.1. The molecule has 0 bridgehead atoms. The van der Waals surface area contributed by atoms with E-state index in [0.717, 1.165) is 18.4 Å². The summed E-state index contributed by atoms with van der Waals surface area (Å²) in [6.45, 7) is 33.5. The number of hydrogen-bond acceptors (Lipinski definition) is 8. The summed E-state index contributed by atoms with van der Waals surface area (Å²) in [6, 6.07) is -0.246. The Hall–Kier alpha value is -3.89. The van der Waals surface area contributed by atoms with Gasteiger partial charge in [-0.2, -0.15) is 0 Å². The van der Waals surface area contributed by atoms with Crippen molar-refractivity contribution in [2.45, 2.75) is 132 Å². The van der Waals surface area contributed by atoms with Crippen LogP contribution < -0.4 is 10.1 Å². The lowest BCUT2D eigenvalue weighted by molar-refractivity contribution is -0.126. The lowest BCUT2D eigenvalue weighted by atomic mass is 9.59. The molecule has 7 atom stereocenters. The van der Waals surface area contributed by atoms with Gasteiger partial charge in [-0.1, -0.05) is 67.0 Å². The molecule has 304 valence electrons. The SMILES string of the molecule is [C-]#[N+]c1c(C(=O)OC2C(C=C(C)C)CC(C(C)(C)C)CC2C(C)(C)C)c2nc(C3CCC(OCC)C(NC(=O)C(C)C)C3)[nH]n2c1OC(=O)N1CCOCC1. The largest absolute Gasteiger partial charge is 0.459 e. The maximum atomic E-state index is 14.7. The van der Waals surface area contributed by atoms with Crippen molar-refractivity contribution >= 4 is 29.3 Å². The van der Waals surface area contributed by atoms with Gasteiger partial charge in [0.05, 0.1) is 31.9 Å². The van der Waals surface area contributed by atoms with E-state index in [1.54, 1.807) is 0 Å². The lowest BCUT2D eigenvalue weighted by Gasteiger charge is -2.49. The fourth-order valence-electron chi connectivity index (χ4n) is 8.55. The molecular formula is C42H64N6O7. The molecule has 0 spiro atoms. The zero-order valence-corrected chi connectivity index (χ0v) is 34.9. The minimum absolute atomic E-state index is 0.0301. The Bertz CT molecular complexity index is 1760. The molecule has 2 amide bonds. The molecular weight excluding hydrogens is 700 g/mol. The molecule has 55 heavy (non-hydrogen) atoms. The molecule has 0 aromatic carbocycles. The Balaban J connectivity index is 1.58. The van der Waals surface area contributed by atoms with E-state index in [-0.39, 0.29) is 75.3 Å². The number of esters is 1. The molecule has 13 nitrogen and oxygen atoms in total. The molecule has 1 aliphatic heterocycles. The number of allylic oxidation sites excluding steroid dienone is 1. The number of morpholine rings is 1. The molecule has 7 unspecified atom stereocenters. The molecule has 2 aliphatic carbocycles. The van der Waals surface area contributed by atoms with Crippen LogP contribution in [0.3, 0.4) is 0 Å². The maximum absolute atomic E-state index is 14.7. The van der Waals surface area contributed by atoms with Crippen molar-refractivity contribution in [2.75, 3.05) is 32.9 Å². The Morgan fingerprint density at radius 1 is 1.05 bits per heavy atom. The summed E-state index contributed by atoms with van der Waals surface area (Å²) in [7, 11) is 0. The van der Waals surface area contributed by atoms with Crippen LogP contribution in [0.15, 0.2) is 11.6 Å². The van der Waals surface area contributed by atoms with Crippen LogP contribution in [0.1, 0.15) is 130 Å². The summed E-state index contributed by atoms with van der Waals surface area (Å²) < 4.78 is 25.5. The first-order valence-electron chi connectivity index (χ1n) is 20.2. The van der Waals surface area contributed by atoms with Gasteiger partial charge in [0.1, 0.15) is 17.5 Å². The van der Waals surface area contributed by atoms with Crippen molar-refractivity contribution in [3.8, 4) is 5.88 Å². The van der Waals surface area contributed by atoms with Crippen LogP contribution in [-0.4, -0.2) is 88.6 Å². The molecule has 2 saturated carbocycles. The first-order chi connectivity index (χ1) is 25.8. The summed E-state index contributed by atoms with van der Waals surface area (Å²) in [5.41, 5.74) is 1.05. The second-order valence-corrected chi connectivity index (χ2v) is 18.4. The number of carbonyl (C=O) groups is 3. The van der Waals surface area contributed by atoms with Gasteiger partial charge < -0.3 is 29.2 Å². The van der Waals surface area contributed by atoms with Gasteiger partial charge in [0.25, 0.3) is 5.69 Å². The van der Waals surface area contributed by atoms with Gasteiger partial charge in [0.2, 0.25) is 11.8 Å². The van der Waals surface area contributed by atoms with Gasteiger partial charge in [0.15, 0.2) is 5.65 Å². The topological polar surface area (TPSA) is 141 Å². The highest BCUT2D eigenvalue weighted by Crippen LogP contribution is 2.51. The predicted octanol–water partition coefficient (Wildman–Crippen LogP) is 8.08. The lowest BCUT2D eigenvalue weighted by Crippen LogP contribution is -2.49. The Morgan fingerprint density at radius 2 is 1.75 bits per heavy atom. The van der Waals surface area contributed by atoms with Crippen molar-refractivity contribution < 1.29 is 33.3 Å². The number of aromatic nitrogens is 3. The van der Waals surface area contributed by atoms with Crippen LogP contribution in [0.4, 0.5) is 10.5 Å². The van der Waals surface area contributed by atoms with Crippen LogP contribution in [0.5, 0.6) is 5.88 Å². The first-order valence-corrected chi connectivity index (χ1v) is 20.2. The van der Waals surface area contributed by atoms with E-state index in [4.69, 9.17) is 30.5 Å². The van der Waals surface area contributed by atoms with E-state index in [9.17, 15) is 14.4 Å². The molecule has 3 aliphatic rings. The van der Waals surface area contributed by atoms with E-state index in [2.05, 4.69) is 76.7 Å². The number of nitrogens with zero attached hydrogens (tertiary/aromatic N) is 4. The van der Waals surface area contributed by atoms with Gasteiger partial charge >= 0.3 is 12.1 Å². The van der Waals surface area contributed by atoms with Crippen LogP contribution >= 0.6 is 0 Å². The molecule has 1 saturated heterocycles. The van der Waals surface area contributed by atoms with Crippen LogP contribution in [-0.2, 0) is 19.0 Å². The summed E-state index contributed by atoms with van der Waals surface area (Å²) in [5, 5.41) is 6.48. The normalized spacial score (nSPS) is 26.4. The van der Waals surface area contributed by atoms with Crippen LogP contribution in [0.25, 0.3) is 10.5 Å². The van der Waals surface area contributed by atoms with Crippen molar-refractivity contribution in [1.29, 1.82) is 0 Å². The maximum Gasteiger partial charge on any atom is 0.415 e. The monoisotopic (exact) mass is 764 g/mol. The molecule has 2 N–H and O–H groups in total. The second-order valence-electron chi connectivity index (χ2n) is 18.4. The standard InChI is InChI=1S/C42H64N6O7/c1-13-53-31-15-14-26(22-30(31)44-37(49)25(4)5)35-45-36-32(33(43-12)38(48(36)46-35)55-40(51)47-16-18-52-19-17-47)39(50)54-34-27(20-24(2)3)21-28(41(6,7)8)23-29(34)42(9,10)11/h20,25-31,34H,13-19,21-23H2,1-11H3,(H,44,49)(H,45,46). The molecule has 2 aromatic heterocycles. The van der Waals surface area contributed by atoms with Gasteiger partial charge in [-0.05, 0) is 69.6 Å². The van der Waals surface area contributed by atoms with Gasteiger partial charge in [-0.3, -0.25) is 9.89 Å². The fourth-order valence-corrected chi connectivity index (χ4v) is 8.55. The van der Waals surface area contributed by atoms with E-state index < -0.39 is 18.2 Å². The number of aromatic amines is 1. The highest BCUT2D eigenvalue weighted by molar-refractivity contribution is 6.05. The quantitative estimate of drug-likeness (QED) is 0.148. The van der Waals surface area contributed by atoms with Crippen molar-refractivity contribution in [2.24, 2.45) is 34.5 Å². The first kappa shape index (κ1) is 42.3. The highest BCUT2D eigenvalue weighted by atomic mass is 16.6. The van der Waals surface area contributed by atoms with Crippen molar-refractivity contribution in [1.82, 2.24) is 24.8 Å². The summed E-state index contributed by atoms with van der Waals surface area (Å²) >= 11 is 0. The zero-order chi connectivity index (χ0) is 40.4. The van der Waals surface area contributed by atoms with Gasteiger partial charge in [-0.25, -0.2) is 23.9 Å². The van der Waals surface area contributed by atoms with Crippen molar-refractivity contribution in [3.63, 3.8) is 0 Å². The molecule has 5 rings (SSSR count). The Labute approximate surface area is 327 Å². The molecule has 2 aromatic rings. The molecule has 0 radical (unpaired) electrons. The number of amides is 2. The third-order valence-corrected chi connectivity index (χ3v) is 11.7. The number of H-pyrrole nitrogens is 1. The van der Waals surface area contributed by atoms with Gasteiger partial charge in [-0.15, -0.1) is 0 Å². The number of hydrogen-bond donors (Lipinski definition) is 2. The van der Waals surface area contributed by atoms with E-state index >= 15 is 0 Å². The molecule has 3 fully saturated rings. The molecule has 3 heterocycles. The van der Waals surface area contributed by atoms with E-state index in [0.29, 0.717) is 63.9 Å². The summed E-state index contributed by atoms with van der Waals surface area (Å²) in [4.78, 5) is 51.4. The minimum atomic E-state index is -0.669. The smallest absolute Gasteiger partial charge is 0.415 e. The Morgan fingerprint density at radius 3 is 2.33 bits per heavy atom. The highest BCUT2D eigenvalue weighted by Gasteiger charge is 2.48. The second kappa shape index (κ2) is 17.1. The number of fused-ring (bicyclic) bond motifs is 1. The third kappa shape index (κ3) is 9.57. The summed E-state index contributed by atoms with van der Waals surface area (Å²) in [6.07, 6.45) is 4.70. The number of ether oxygens (including phenoxy) is 4. The number of carbonyl (C=O) groups excluding carboxylic acids is 3. The minimum Gasteiger partial charge on any atom is -0.459 e. The number of rotatable bonds is 9. The van der Waals surface area contributed by atoms with Crippen LogP contribution in [0, 0.1) is 41.1 Å². The fraction of sp³-hybridized carbons (Fsp3) is 0.738. The zero-order valence-electron chi connectivity index (χ0n) is 34.9. The van der Waals surface area contributed by atoms with Gasteiger partial charge in [0, 0.05) is 43.4 Å². The van der Waals surface area contributed by atoms with E-state index in [1.165, 1.54) is 9.42 Å². The van der Waals surface area contributed by atoms with Crippen LogP contribution in [0.2, 0.25) is 0 Å². The summed E-state index contributed by atoms with van der Waals surface area (Å²) in [5.74, 6) is -0.174. The van der Waals surface area contributed by atoms with E-state index in [1.807, 2.05) is 20.8 Å². The average molecular weight is 765 g/mol. The third-order valence-electron chi connectivity index (χ3n) is 11.7. The number of nitrogens with one attached hydrogen (secondary N) is 2. The van der Waals surface area contributed by atoms with Crippen molar-refractivity contribution in [3.05, 3.63) is 34.5 Å². The molecule has 13 heteroatoms. The average Bonchev–Trinajstić information content (AvgIpc) is 3.66. The predicted molar refractivity (Wildman–Crippen MR) is 210 cm³/mol.